The lowest BCUT2D eigenvalue weighted by molar-refractivity contribution is 0.357. The monoisotopic (exact) mass is 214 g/mol. The molecule has 0 saturated heterocycles. The van der Waals surface area contributed by atoms with E-state index >= 15 is 0 Å². The van der Waals surface area contributed by atoms with Gasteiger partial charge in [-0.1, -0.05) is 38.3 Å². The van der Waals surface area contributed by atoms with Crippen molar-refractivity contribution in [2.24, 2.45) is 0 Å². The highest BCUT2D eigenvalue weighted by Gasteiger charge is 2.11. The van der Waals surface area contributed by atoms with Crippen LogP contribution >= 0.6 is 0 Å². The standard InChI is InChI=1S/C12H26OSi/c1-5-6-7-8-9-10-11-12-13-14(2,3)4/h10-11H,5-9,12H2,1-4H3. The van der Waals surface area contributed by atoms with Crippen molar-refractivity contribution in [3.8, 4) is 0 Å². The largest absolute Gasteiger partial charge is 0.414 e. The van der Waals surface area contributed by atoms with Crippen molar-refractivity contribution >= 4 is 8.32 Å². The summed E-state index contributed by atoms with van der Waals surface area (Å²) in [5.74, 6) is 0. The number of hydrogen-bond acceptors (Lipinski definition) is 1. The second kappa shape index (κ2) is 8.24. The van der Waals surface area contributed by atoms with Gasteiger partial charge in [-0.3, -0.25) is 0 Å². The van der Waals surface area contributed by atoms with E-state index in [9.17, 15) is 0 Å². The third-order valence-corrected chi connectivity index (χ3v) is 3.04. The van der Waals surface area contributed by atoms with Gasteiger partial charge in [-0.2, -0.15) is 0 Å². The summed E-state index contributed by atoms with van der Waals surface area (Å²) in [7, 11) is -1.29. The zero-order chi connectivity index (χ0) is 10.9. The van der Waals surface area contributed by atoms with Crippen molar-refractivity contribution in [3.05, 3.63) is 12.2 Å². The second-order valence-corrected chi connectivity index (χ2v) is 9.26. The van der Waals surface area contributed by atoms with Crippen molar-refractivity contribution in [2.45, 2.75) is 58.7 Å². The minimum Gasteiger partial charge on any atom is -0.414 e. The molecule has 0 aromatic rings. The molecule has 84 valence electrons. The van der Waals surface area contributed by atoms with Crippen LogP contribution in [0.4, 0.5) is 0 Å². The van der Waals surface area contributed by atoms with Crippen LogP contribution in [-0.4, -0.2) is 14.9 Å². The predicted octanol–water partition coefficient (Wildman–Crippen LogP) is 4.36. The van der Waals surface area contributed by atoms with Gasteiger partial charge in [-0.25, -0.2) is 0 Å². The third kappa shape index (κ3) is 11.9. The van der Waals surface area contributed by atoms with Gasteiger partial charge in [0.1, 0.15) is 0 Å². The van der Waals surface area contributed by atoms with E-state index in [-0.39, 0.29) is 0 Å². The molecule has 0 aliphatic heterocycles. The van der Waals surface area contributed by atoms with Crippen LogP contribution in [0.5, 0.6) is 0 Å². The molecular weight excluding hydrogens is 188 g/mol. The van der Waals surface area contributed by atoms with Crippen LogP contribution < -0.4 is 0 Å². The molecule has 0 rings (SSSR count). The molecule has 0 heterocycles. The Bertz CT molecular complexity index is 147. The first kappa shape index (κ1) is 13.9. The second-order valence-electron chi connectivity index (χ2n) is 4.74. The maximum Gasteiger partial charge on any atom is 0.184 e. The lowest BCUT2D eigenvalue weighted by Crippen LogP contribution is -2.25. The molecule has 0 fully saturated rings. The van der Waals surface area contributed by atoms with Gasteiger partial charge in [0.05, 0.1) is 6.61 Å². The first-order valence-corrected chi connectivity index (χ1v) is 9.26. The van der Waals surface area contributed by atoms with E-state index in [1.54, 1.807) is 0 Å². The highest BCUT2D eigenvalue weighted by Crippen LogP contribution is 2.04. The van der Waals surface area contributed by atoms with Crippen molar-refractivity contribution in [2.75, 3.05) is 6.61 Å². The average Bonchev–Trinajstić information content (AvgIpc) is 2.08. The number of hydrogen-bond donors (Lipinski definition) is 0. The van der Waals surface area contributed by atoms with Crippen molar-refractivity contribution < 1.29 is 4.43 Å². The lowest BCUT2D eigenvalue weighted by atomic mass is 10.1. The van der Waals surface area contributed by atoms with Gasteiger partial charge in [0.15, 0.2) is 8.32 Å². The Kier molecular flexibility index (Phi) is 8.19. The van der Waals surface area contributed by atoms with Gasteiger partial charge >= 0.3 is 0 Å². The Balaban J connectivity index is 3.20. The van der Waals surface area contributed by atoms with Gasteiger partial charge < -0.3 is 4.43 Å². The fourth-order valence-corrected chi connectivity index (χ4v) is 1.77. The molecule has 2 heteroatoms. The maximum absolute atomic E-state index is 5.71. The smallest absolute Gasteiger partial charge is 0.184 e. The van der Waals surface area contributed by atoms with Crippen molar-refractivity contribution in [1.82, 2.24) is 0 Å². The van der Waals surface area contributed by atoms with Crippen molar-refractivity contribution in [1.29, 1.82) is 0 Å². The van der Waals surface area contributed by atoms with Gasteiger partial charge in [-0.15, -0.1) is 0 Å². The fraction of sp³-hybridized carbons (Fsp3) is 0.833. The summed E-state index contributed by atoms with van der Waals surface area (Å²) in [4.78, 5) is 0. The molecule has 0 unspecified atom stereocenters. The number of allylic oxidation sites excluding steroid dienone is 1. The van der Waals surface area contributed by atoms with Crippen LogP contribution in [0.15, 0.2) is 12.2 Å². The molecule has 0 aromatic heterocycles. The Hall–Kier alpha value is -0.0831. The van der Waals surface area contributed by atoms with E-state index in [1.165, 1.54) is 32.1 Å². The molecule has 0 atom stereocenters. The van der Waals surface area contributed by atoms with Gasteiger partial charge in [0.2, 0.25) is 0 Å². The lowest BCUT2D eigenvalue weighted by Gasteiger charge is -2.14. The number of unbranched alkanes of at least 4 members (excludes halogenated alkanes) is 4. The molecular formula is C12H26OSi. The summed E-state index contributed by atoms with van der Waals surface area (Å²) < 4.78 is 5.71. The van der Waals surface area contributed by atoms with Crippen LogP contribution in [0.2, 0.25) is 19.6 Å². The fourth-order valence-electron chi connectivity index (χ4n) is 1.17. The minimum absolute atomic E-state index is 0.809. The Morgan fingerprint density at radius 1 is 1.00 bits per heavy atom. The first-order valence-electron chi connectivity index (χ1n) is 5.85. The highest BCUT2D eigenvalue weighted by molar-refractivity contribution is 6.69. The van der Waals surface area contributed by atoms with E-state index in [4.69, 9.17) is 4.43 Å². The summed E-state index contributed by atoms with van der Waals surface area (Å²) in [6.45, 7) is 9.73. The zero-order valence-electron chi connectivity index (χ0n) is 10.3. The predicted molar refractivity (Wildman–Crippen MR) is 67.2 cm³/mol. The number of rotatable bonds is 8. The molecule has 0 aliphatic carbocycles. The molecule has 0 spiro atoms. The molecule has 0 bridgehead atoms. The van der Waals surface area contributed by atoms with Gasteiger partial charge in [0, 0.05) is 0 Å². The van der Waals surface area contributed by atoms with Gasteiger partial charge in [0.25, 0.3) is 0 Å². The van der Waals surface area contributed by atoms with Crippen molar-refractivity contribution in [3.63, 3.8) is 0 Å². The summed E-state index contributed by atoms with van der Waals surface area (Å²) in [5, 5.41) is 0. The highest BCUT2D eigenvalue weighted by atomic mass is 28.4. The molecule has 1 nitrogen and oxygen atoms in total. The molecule has 14 heavy (non-hydrogen) atoms. The molecule has 0 N–H and O–H groups in total. The van der Waals surface area contributed by atoms with E-state index < -0.39 is 8.32 Å². The Morgan fingerprint density at radius 3 is 2.29 bits per heavy atom. The van der Waals surface area contributed by atoms with Crippen LogP contribution in [0.25, 0.3) is 0 Å². The molecule has 0 aromatic carbocycles. The Morgan fingerprint density at radius 2 is 1.71 bits per heavy atom. The summed E-state index contributed by atoms with van der Waals surface area (Å²) in [6.07, 6.45) is 11.0. The zero-order valence-corrected chi connectivity index (χ0v) is 11.3. The maximum atomic E-state index is 5.71. The average molecular weight is 214 g/mol. The minimum atomic E-state index is -1.29. The SMILES string of the molecule is CCCCCCC=CCO[Si](C)(C)C. The van der Waals surface area contributed by atoms with E-state index in [1.807, 2.05) is 0 Å². The quantitative estimate of drug-likeness (QED) is 0.331. The third-order valence-electron chi connectivity index (χ3n) is 2.00. The molecule has 0 saturated carbocycles. The van der Waals surface area contributed by atoms with Crippen LogP contribution in [0.3, 0.4) is 0 Å². The van der Waals surface area contributed by atoms with E-state index in [2.05, 4.69) is 38.7 Å². The van der Waals surface area contributed by atoms with Gasteiger partial charge in [-0.05, 0) is 32.5 Å². The Labute approximate surface area is 90.7 Å². The normalized spacial score (nSPS) is 12.6. The summed E-state index contributed by atoms with van der Waals surface area (Å²) in [6, 6.07) is 0. The van der Waals surface area contributed by atoms with E-state index in [0.717, 1.165) is 6.61 Å². The molecule has 0 radical (unpaired) electrons. The van der Waals surface area contributed by atoms with E-state index in [0.29, 0.717) is 0 Å². The topological polar surface area (TPSA) is 9.23 Å². The summed E-state index contributed by atoms with van der Waals surface area (Å²) >= 11 is 0. The summed E-state index contributed by atoms with van der Waals surface area (Å²) in [5.41, 5.74) is 0. The van der Waals surface area contributed by atoms with Crippen LogP contribution in [-0.2, 0) is 4.43 Å². The molecule has 0 amide bonds. The van der Waals surface area contributed by atoms with Crippen LogP contribution in [0.1, 0.15) is 39.0 Å². The first-order chi connectivity index (χ1) is 6.56. The molecule has 0 aliphatic rings. The van der Waals surface area contributed by atoms with Crippen LogP contribution in [0, 0.1) is 0 Å².